The van der Waals surface area contributed by atoms with Crippen molar-refractivity contribution in [2.24, 2.45) is 5.41 Å². The van der Waals surface area contributed by atoms with Crippen LogP contribution in [0.5, 0.6) is 5.75 Å². The Morgan fingerprint density at radius 1 is 1.35 bits per heavy atom. The fourth-order valence-corrected chi connectivity index (χ4v) is 2.79. The van der Waals surface area contributed by atoms with Crippen molar-refractivity contribution < 1.29 is 9.47 Å². The molecule has 1 saturated heterocycles. The molecule has 0 unspecified atom stereocenters. The predicted molar refractivity (Wildman–Crippen MR) is 73.0 cm³/mol. The molecule has 1 aromatic carbocycles. The second-order valence-electron chi connectivity index (χ2n) is 4.85. The Morgan fingerprint density at radius 3 is 2.76 bits per heavy atom. The van der Waals surface area contributed by atoms with E-state index in [9.17, 15) is 0 Å². The topological polar surface area (TPSA) is 18.5 Å². The van der Waals surface area contributed by atoms with Crippen LogP contribution in [0.2, 0.25) is 0 Å². The molecule has 0 amide bonds. The monoisotopic (exact) mass is 298 g/mol. The first-order valence-electron chi connectivity index (χ1n) is 6.07. The summed E-state index contributed by atoms with van der Waals surface area (Å²) in [5.41, 5.74) is 1.48. The molecule has 2 nitrogen and oxygen atoms in total. The van der Waals surface area contributed by atoms with Crippen molar-refractivity contribution in [2.75, 3.05) is 25.2 Å². The van der Waals surface area contributed by atoms with Crippen molar-refractivity contribution in [1.82, 2.24) is 0 Å². The van der Waals surface area contributed by atoms with Crippen LogP contribution in [-0.2, 0) is 4.74 Å². The van der Waals surface area contributed by atoms with E-state index >= 15 is 0 Å². The summed E-state index contributed by atoms with van der Waals surface area (Å²) >= 11 is 3.62. The molecule has 17 heavy (non-hydrogen) atoms. The van der Waals surface area contributed by atoms with Crippen molar-refractivity contribution in [3.05, 3.63) is 29.8 Å². The van der Waals surface area contributed by atoms with E-state index in [-0.39, 0.29) is 5.41 Å². The van der Waals surface area contributed by atoms with Gasteiger partial charge in [-0.3, -0.25) is 0 Å². The fraction of sp³-hybridized carbons (Fsp3) is 0.571. The molecule has 0 aliphatic carbocycles. The molecule has 0 atom stereocenters. The number of aryl methyl sites for hydroxylation is 1. The Labute approximate surface area is 111 Å². The van der Waals surface area contributed by atoms with Gasteiger partial charge in [0.25, 0.3) is 0 Å². The van der Waals surface area contributed by atoms with Gasteiger partial charge in [-0.15, -0.1) is 0 Å². The lowest BCUT2D eigenvalue weighted by molar-refractivity contribution is 0.00354. The Morgan fingerprint density at radius 2 is 2.12 bits per heavy atom. The molecule has 0 N–H and O–H groups in total. The molecule has 1 aliphatic rings. The molecule has 0 spiro atoms. The van der Waals surface area contributed by atoms with E-state index in [1.807, 2.05) is 12.1 Å². The minimum absolute atomic E-state index is 0.238. The molecule has 3 heteroatoms. The largest absolute Gasteiger partial charge is 0.493 e. The molecule has 1 aromatic rings. The normalized spacial score (nSPS) is 18.9. The van der Waals surface area contributed by atoms with Gasteiger partial charge in [-0.1, -0.05) is 28.1 Å². The van der Waals surface area contributed by atoms with Crippen LogP contribution in [0, 0.1) is 12.3 Å². The van der Waals surface area contributed by atoms with Crippen molar-refractivity contribution in [3.63, 3.8) is 0 Å². The van der Waals surface area contributed by atoms with Gasteiger partial charge < -0.3 is 9.47 Å². The average molecular weight is 299 g/mol. The number of hydrogen-bond acceptors (Lipinski definition) is 2. The smallest absolute Gasteiger partial charge is 0.119 e. The third-order valence-electron chi connectivity index (χ3n) is 3.37. The average Bonchev–Trinajstić information content (AvgIpc) is 2.38. The van der Waals surface area contributed by atoms with Gasteiger partial charge >= 0.3 is 0 Å². The predicted octanol–water partition coefficient (Wildman–Crippen LogP) is 3.57. The van der Waals surface area contributed by atoms with Crippen LogP contribution in [0.4, 0.5) is 0 Å². The molecular formula is C14H19BrO2. The maximum absolute atomic E-state index is 5.94. The zero-order chi connectivity index (χ0) is 12.1. The van der Waals surface area contributed by atoms with E-state index in [1.165, 1.54) is 5.56 Å². The summed E-state index contributed by atoms with van der Waals surface area (Å²) in [4.78, 5) is 0. The van der Waals surface area contributed by atoms with Crippen LogP contribution in [0.3, 0.4) is 0 Å². The number of ether oxygens (including phenoxy) is 2. The summed E-state index contributed by atoms with van der Waals surface area (Å²) in [5.74, 6) is 0.969. The van der Waals surface area contributed by atoms with Crippen LogP contribution in [0.15, 0.2) is 24.3 Å². The quantitative estimate of drug-likeness (QED) is 0.791. The summed E-state index contributed by atoms with van der Waals surface area (Å²) in [7, 11) is 0. The lowest BCUT2D eigenvalue weighted by Gasteiger charge is -2.35. The summed E-state index contributed by atoms with van der Waals surface area (Å²) in [6, 6.07) is 8.23. The second kappa shape index (κ2) is 5.87. The molecule has 2 rings (SSSR count). The highest BCUT2D eigenvalue weighted by atomic mass is 79.9. The standard InChI is InChI=1S/C14H19BrO2/c1-12-3-2-4-13(9-12)17-11-14(10-15)5-7-16-8-6-14/h2-4,9H,5-8,10-11H2,1H3. The first-order chi connectivity index (χ1) is 8.24. The highest BCUT2D eigenvalue weighted by molar-refractivity contribution is 9.09. The van der Waals surface area contributed by atoms with Gasteiger partial charge in [0.15, 0.2) is 0 Å². The minimum atomic E-state index is 0.238. The van der Waals surface area contributed by atoms with Crippen LogP contribution < -0.4 is 4.74 Å². The van der Waals surface area contributed by atoms with Crippen molar-refractivity contribution in [1.29, 1.82) is 0 Å². The highest BCUT2D eigenvalue weighted by Crippen LogP contribution is 2.33. The molecule has 1 aliphatic heterocycles. The summed E-state index contributed by atoms with van der Waals surface area (Å²) < 4.78 is 11.4. The van der Waals surface area contributed by atoms with E-state index in [1.54, 1.807) is 0 Å². The third-order valence-corrected chi connectivity index (χ3v) is 4.56. The van der Waals surface area contributed by atoms with Crippen LogP contribution in [0.1, 0.15) is 18.4 Å². The molecule has 1 fully saturated rings. The van der Waals surface area contributed by atoms with E-state index in [0.29, 0.717) is 0 Å². The zero-order valence-electron chi connectivity index (χ0n) is 10.2. The summed E-state index contributed by atoms with van der Waals surface area (Å²) in [5, 5.41) is 0.981. The number of alkyl halides is 1. The van der Waals surface area contributed by atoms with E-state index in [2.05, 4.69) is 35.0 Å². The molecule has 94 valence electrons. The first kappa shape index (κ1) is 12.9. The molecule has 0 radical (unpaired) electrons. The molecule has 0 bridgehead atoms. The van der Waals surface area contributed by atoms with Gasteiger partial charge in [-0.25, -0.2) is 0 Å². The van der Waals surface area contributed by atoms with E-state index in [0.717, 1.165) is 43.7 Å². The summed E-state index contributed by atoms with van der Waals surface area (Å²) in [6.07, 6.45) is 2.15. The lowest BCUT2D eigenvalue weighted by Crippen LogP contribution is -2.36. The number of hydrogen-bond donors (Lipinski definition) is 0. The van der Waals surface area contributed by atoms with E-state index in [4.69, 9.17) is 9.47 Å². The number of benzene rings is 1. The Balaban J connectivity index is 1.95. The number of rotatable bonds is 4. The summed E-state index contributed by atoms with van der Waals surface area (Å²) in [6.45, 7) is 4.55. The fourth-order valence-electron chi connectivity index (χ4n) is 2.06. The van der Waals surface area contributed by atoms with Gasteiger partial charge in [0.05, 0.1) is 6.61 Å². The van der Waals surface area contributed by atoms with Crippen molar-refractivity contribution >= 4 is 15.9 Å². The first-order valence-corrected chi connectivity index (χ1v) is 7.19. The van der Waals surface area contributed by atoms with Crippen LogP contribution in [0.25, 0.3) is 0 Å². The molecular weight excluding hydrogens is 280 g/mol. The zero-order valence-corrected chi connectivity index (χ0v) is 11.8. The van der Waals surface area contributed by atoms with Gasteiger partial charge in [-0.2, -0.15) is 0 Å². The van der Waals surface area contributed by atoms with Gasteiger partial charge in [0.2, 0.25) is 0 Å². The van der Waals surface area contributed by atoms with E-state index < -0.39 is 0 Å². The van der Waals surface area contributed by atoms with Gasteiger partial charge in [-0.05, 0) is 37.5 Å². The number of halogens is 1. The Hall–Kier alpha value is -0.540. The van der Waals surface area contributed by atoms with Crippen LogP contribution >= 0.6 is 15.9 Å². The molecule has 1 heterocycles. The minimum Gasteiger partial charge on any atom is -0.493 e. The Kier molecular flexibility index (Phi) is 4.46. The Bertz CT molecular complexity index is 359. The molecule has 0 saturated carbocycles. The SMILES string of the molecule is Cc1cccc(OCC2(CBr)CCOCC2)c1. The van der Waals surface area contributed by atoms with Crippen molar-refractivity contribution in [3.8, 4) is 5.75 Å². The highest BCUT2D eigenvalue weighted by Gasteiger charge is 2.32. The van der Waals surface area contributed by atoms with Gasteiger partial charge in [0, 0.05) is 24.0 Å². The lowest BCUT2D eigenvalue weighted by atomic mass is 9.83. The maximum atomic E-state index is 5.94. The van der Waals surface area contributed by atoms with Crippen LogP contribution in [-0.4, -0.2) is 25.2 Å². The maximum Gasteiger partial charge on any atom is 0.119 e. The molecule has 0 aromatic heterocycles. The second-order valence-corrected chi connectivity index (χ2v) is 5.41. The van der Waals surface area contributed by atoms with Gasteiger partial charge in [0.1, 0.15) is 5.75 Å². The third kappa shape index (κ3) is 3.46. The van der Waals surface area contributed by atoms with Crippen molar-refractivity contribution in [2.45, 2.75) is 19.8 Å².